The molecule has 2 N–H and O–H groups in total. The molecule has 3 rings (SSSR count). The predicted molar refractivity (Wildman–Crippen MR) is 123 cm³/mol. The first-order valence-electron chi connectivity index (χ1n) is 10.8. The van der Waals surface area contributed by atoms with Gasteiger partial charge in [0.15, 0.2) is 0 Å². The summed E-state index contributed by atoms with van der Waals surface area (Å²) in [6.45, 7) is 8.09. The van der Waals surface area contributed by atoms with Crippen LogP contribution >= 0.6 is 0 Å². The van der Waals surface area contributed by atoms with Crippen molar-refractivity contribution < 1.29 is 24.2 Å². The molecule has 0 heterocycles. The lowest BCUT2D eigenvalue weighted by molar-refractivity contribution is -0.167. The molecule has 3 atom stereocenters. The Hall–Kier alpha value is -2.44. The van der Waals surface area contributed by atoms with Crippen molar-refractivity contribution in [3.63, 3.8) is 0 Å². The molecule has 5 nitrogen and oxygen atoms in total. The van der Waals surface area contributed by atoms with Crippen LogP contribution in [0.4, 0.5) is 0 Å². The van der Waals surface area contributed by atoms with Gasteiger partial charge in [-0.3, -0.25) is 9.59 Å². The first-order chi connectivity index (χ1) is 14.5. The van der Waals surface area contributed by atoms with Gasteiger partial charge in [0, 0.05) is 6.10 Å². The van der Waals surface area contributed by atoms with E-state index in [0.717, 1.165) is 10.4 Å². The molecule has 166 valence electrons. The molecule has 1 saturated carbocycles. The van der Waals surface area contributed by atoms with Crippen LogP contribution in [0.15, 0.2) is 60.7 Å². The number of carbonyl (C=O) groups is 2. The summed E-state index contributed by atoms with van der Waals surface area (Å²) >= 11 is 0. The number of benzene rings is 2. The molecule has 0 unspecified atom stereocenters. The van der Waals surface area contributed by atoms with Gasteiger partial charge in [-0.1, -0.05) is 81.4 Å². The fraction of sp³-hybridized carbons (Fsp3) is 0.440. The highest BCUT2D eigenvalue weighted by Crippen LogP contribution is 2.45. The Bertz CT molecular complexity index is 882. The van der Waals surface area contributed by atoms with Gasteiger partial charge < -0.3 is 14.6 Å². The lowest BCUT2D eigenvalue weighted by Gasteiger charge is -2.48. The van der Waals surface area contributed by atoms with Crippen molar-refractivity contribution in [1.82, 2.24) is 0 Å². The van der Waals surface area contributed by atoms with Crippen molar-refractivity contribution in [1.29, 1.82) is 0 Å². The third kappa shape index (κ3) is 4.19. The number of hydrogen-bond donors (Lipinski definition) is 2. The van der Waals surface area contributed by atoms with E-state index >= 15 is 0 Å². The summed E-state index contributed by atoms with van der Waals surface area (Å²) in [7, 11) is -2.82. The van der Waals surface area contributed by atoms with Crippen LogP contribution < -0.4 is 10.4 Å². The molecule has 0 aliphatic heterocycles. The van der Waals surface area contributed by atoms with Crippen molar-refractivity contribution in [2.24, 2.45) is 11.3 Å². The maximum Gasteiger partial charge on any atom is 0.310 e. The quantitative estimate of drug-likeness (QED) is 0.666. The molecule has 0 spiro atoms. The third-order valence-corrected chi connectivity index (χ3v) is 11.8. The average molecular weight is 441 g/mol. The van der Waals surface area contributed by atoms with Crippen LogP contribution in [0.2, 0.25) is 5.04 Å². The minimum Gasteiger partial charge on any atom is -0.481 e. The minimum atomic E-state index is -2.82. The fourth-order valence-electron chi connectivity index (χ4n) is 5.06. The lowest BCUT2D eigenvalue weighted by Crippen LogP contribution is -2.68. The van der Waals surface area contributed by atoms with Crippen LogP contribution in [0.5, 0.6) is 0 Å². The Kier molecular flexibility index (Phi) is 6.44. The highest BCUT2D eigenvalue weighted by atomic mass is 28.4. The largest absolute Gasteiger partial charge is 0.481 e. The van der Waals surface area contributed by atoms with E-state index in [1.165, 1.54) is 0 Å². The summed E-state index contributed by atoms with van der Waals surface area (Å²) in [5.41, 5.74) is -1.36. The highest BCUT2D eigenvalue weighted by Gasteiger charge is 2.55. The molecule has 1 aliphatic rings. The van der Waals surface area contributed by atoms with Gasteiger partial charge in [-0.25, -0.2) is 0 Å². The highest BCUT2D eigenvalue weighted by molar-refractivity contribution is 6.99. The maximum atomic E-state index is 12.1. The van der Waals surface area contributed by atoms with E-state index in [2.05, 4.69) is 45.0 Å². The Morgan fingerprint density at radius 3 is 1.81 bits per heavy atom. The van der Waals surface area contributed by atoms with Crippen molar-refractivity contribution in [3.05, 3.63) is 60.7 Å². The first-order valence-corrected chi connectivity index (χ1v) is 12.7. The van der Waals surface area contributed by atoms with Crippen LogP contribution in [0, 0.1) is 11.3 Å². The molecule has 6 heteroatoms. The van der Waals surface area contributed by atoms with Gasteiger partial charge in [-0.2, -0.15) is 0 Å². The van der Waals surface area contributed by atoms with Gasteiger partial charge in [-0.15, -0.1) is 0 Å². The van der Waals surface area contributed by atoms with Crippen molar-refractivity contribution in [2.75, 3.05) is 0 Å². The van der Waals surface area contributed by atoms with Crippen molar-refractivity contribution >= 4 is 30.6 Å². The number of carboxylic acid groups (broad SMARTS) is 2. The average Bonchev–Trinajstić information content (AvgIpc) is 2.72. The Morgan fingerprint density at radius 2 is 1.42 bits per heavy atom. The van der Waals surface area contributed by atoms with Gasteiger partial charge in [0.25, 0.3) is 8.32 Å². The van der Waals surface area contributed by atoms with Gasteiger partial charge in [0.05, 0.1) is 11.3 Å². The van der Waals surface area contributed by atoms with E-state index in [1.807, 2.05) is 36.4 Å². The third-order valence-electron chi connectivity index (χ3n) is 6.75. The molecule has 0 amide bonds. The van der Waals surface area contributed by atoms with Gasteiger partial charge in [0.1, 0.15) is 0 Å². The zero-order valence-electron chi connectivity index (χ0n) is 18.7. The van der Waals surface area contributed by atoms with E-state index in [9.17, 15) is 19.8 Å². The van der Waals surface area contributed by atoms with E-state index in [4.69, 9.17) is 4.43 Å². The molecule has 0 saturated heterocycles. The van der Waals surface area contributed by atoms with Crippen molar-refractivity contribution in [2.45, 2.75) is 58.1 Å². The van der Waals surface area contributed by atoms with Crippen LogP contribution in [-0.4, -0.2) is 36.6 Å². The summed E-state index contributed by atoms with van der Waals surface area (Å²) < 4.78 is 7.07. The molecular weight excluding hydrogens is 408 g/mol. The van der Waals surface area contributed by atoms with Gasteiger partial charge in [0.2, 0.25) is 0 Å². The van der Waals surface area contributed by atoms with Gasteiger partial charge >= 0.3 is 11.9 Å². The second-order valence-electron chi connectivity index (χ2n) is 9.80. The number of rotatable bonds is 6. The van der Waals surface area contributed by atoms with E-state index in [0.29, 0.717) is 12.8 Å². The molecule has 1 aliphatic carbocycles. The van der Waals surface area contributed by atoms with Gasteiger partial charge in [-0.05, 0) is 41.6 Å². The Morgan fingerprint density at radius 1 is 0.935 bits per heavy atom. The minimum absolute atomic E-state index is 0.184. The van der Waals surface area contributed by atoms with Crippen LogP contribution in [0.25, 0.3) is 0 Å². The fourth-order valence-corrected chi connectivity index (χ4v) is 9.78. The standard InChI is InChI=1S/C25H32O5Si/c1-24(2,3)31(19-11-7-5-8-12-19,20-13-9-6-10-14-20)30-18-15-16-21(22(26)27)25(4,17-18)23(28)29/h5-14,18,21H,15-17H2,1-4H3,(H,26,27)(H,28,29)/t18-,21-,25-/m0/s1. The van der Waals surface area contributed by atoms with E-state index in [-0.39, 0.29) is 17.6 Å². The molecule has 1 fully saturated rings. The summed E-state index contributed by atoms with van der Waals surface area (Å²) in [6, 6.07) is 20.4. The van der Waals surface area contributed by atoms with E-state index in [1.54, 1.807) is 6.92 Å². The summed E-state index contributed by atoms with van der Waals surface area (Å²) in [6.07, 6.45) is 0.679. The SMILES string of the molecule is CC(C)(C)[Si](O[C@H]1CC[C@@H](C(=O)O)[C@@](C)(C(=O)O)C1)(c1ccccc1)c1ccccc1. The van der Waals surface area contributed by atoms with Crippen LogP contribution in [-0.2, 0) is 14.0 Å². The second-order valence-corrected chi connectivity index (χ2v) is 14.1. The van der Waals surface area contributed by atoms with Crippen LogP contribution in [0.1, 0.15) is 47.0 Å². The predicted octanol–water partition coefficient (Wildman–Crippen LogP) is 3.91. The molecule has 2 aromatic carbocycles. The number of hydrogen-bond acceptors (Lipinski definition) is 3. The van der Waals surface area contributed by atoms with Crippen LogP contribution in [0.3, 0.4) is 0 Å². The Balaban J connectivity index is 2.10. The molecule has 0 bridgehead atoms. The first kappa shape index (κ1) is 23.2. The van der Waals surface area contributed by atoms with Crippen molar-refractivity contribution in [3.8, 4) is 0 Å². The second kappa shape index (κ2) is 8.59. The smallest absolute Gasteiger partial charge is 0.310 e. The topological polar surface area (TPSA) is 83.8 Å². The lowest BCUT2D eigenvalue weighted by atomic mass is 9.66. The monoisotopic (exact) mass is 440 g/mol. The number of aliphatic carboxylic acids is 2. The van der Waals surface area contributed by atoms with E-state index < -0.39 is 31.6 Å². The summed E-state index contributed by atoms with van der Waals surface area (Å²) in [4.78, 5) is 23.9. The molecule has 31 heavy (non-hydrogen) atoms. The normalized spacial score (nSPS) is 24.5. The molecule has 0 radical (unpaired) electrons. The molecule has 2 aromatic rings. The zero-order valence-corrected chi connectivity index (χ0v) is 19.7. The molecule has 0 aromatic heterocycles. The Labute approximate surface area is 185 Å². The zero-order chi connectivity index (χ0) is 22.9. The summed E-state index contributed by atoms with van der Waals surface area (Å²) in [5.74, 6) is -3.03. The maximum absolute atomic E-state index is 12.1. The number of carboxylic acids is 2. The molecular formula is C25H32O5Si. The summed E-state index contributed by atoms with van der Waals surface area (Å²) in [5, 5.41) is 21.6.